The van der Waals surface area contributed by atoms with Gasteiger partial charge in [0.2, 0.25) is 0 Å². The zero-order chi connectivity index (χ0) is 13.8. The first-order chi connectivity index (χ1) is 9.04. The van der Waals surface area contributed by atoms with Gasteiger partial charge >= 0.3 is 0 Å². The lowest BCUT2D eigenvalue weighted by Gasteiger charge is -2.15. The minimum absolute atomic E-state index is 0.270. The molecular formula is C14H18ClN3S. The monoisotopic (exact) mass is 295 g/mol. The van der Waals surface area contributed by atoms with E-state index in [4.69, 9.17) is 11.6 Å². The SMILES string of the molecule is CC(Cc1ccsc1)Nc1cc(Cl)nc(C(C)C)n1. The molecule has 3 nitrogen and oxygen atoms in total. The van der Waals surface area contributed by atoms with Crippen molar-refractivity contribution in [1.82, 2.24) is 9.97 Å². The summed E-state index contributed by atoms with van der Waals surface area (Å²) in [5, 5.41) is 8.14. The van der Waals surface area contributed by atoms with Gasteiger partial charge in [0.25, 0.3) is 0 Å². The minimum Gasteiger partial charge on any atom is -0.367 e. The van der Waals surface area contributed by atoms with Crippen LogP contribution in [0.15, 0.2) is 22.9 Å². The van der Waals surface area contributed by atoms with Gasteiger partial charge in [-0.1, -0.05) is 25.4 Å². The number of rotatable bonds is 5. The van der Waals surface area contributed by atoms with Crippen LogP contribution in [-0.4, -0.2) is 16.0 Å². The van der Waals surface area contributed by atoms with Crippen molar-refractivity contribution >= 4 is 28.8 Å². The van der Waals surface area contributed by atoms with Crippen molar-refractivity contribution in [2.45, 2.75) is 39.2 Å². The summed E-state index contributed by atoms with van der Waals surface area (Å²) in [5.41, 5.74) is 1.34. The van der Waals surface area contributed by atoms with E-state index in [-0.39, 0.29) is 5.92 Å². The second kappa shape index (κ2) is 6.35. The molecule has 102 valence electrons. The molecule has 0 spiro atoms. The number of thiophene rings is 1. The van der Waals surface area contributed by atoms with Crippen LogP contribution in [0.1, 0.15) is 38.1 Å². The van der Waals surface area contributed by atoms with Crippen molar-refractivity contribution in [3.05, 3.63) is 39.4 Å². The molecule has 0 aromatic carbocycles. The van der Waals surface area contributed by atoms with Gasteiger partial charge in [0.05, 0.1) is 0 Å². The maximum absolute atomic E-state index is 6.03. The van der Waals surface area contributed by atoms with Gasteiger partial charge in [-0.3, -0.25) is 0 Å². The zero-order valence-electron chi connectivity index (χ0n) is 11.4. The molecule has 1 unspecified atom stereocenters. The highest BCUT2D eigenvalue weighted by Gasteiger charge is 2.09. The van der Waals surface area contributed by atoms with Crippen molar-refractivity contribution in [2.75, 3.05) is 5.32 Å². The predicted molar refractivity (Wildman–Crippen MR) is 82.2 cm³/mol. The molecule has 0 aliphatic carbocycles. The highest BCUT2D eigenvalue weighted by Crippen LogP contribution is 2.18. The van der Waals surface area contributed by atoms with Gasteiger partial charge in [-0.15, -0.1) is 0 Å². The topological polar surface area (TPSA) is 37.8 Å². The second-order valence-electron chi connectivity index (χ2n) is 4.97. The van der Waals surface area contributed by atoms with E-state index in [2.05, 4.69) is 52.9 Å². The molecule has 0 saturated heterocycles. The highest BCUT2D eigenvalue weighted by atomic mass is 35.5. The summed E-state index contributed by atoms with van der Waals surface area (Å²) in [6.45, 7) is 6.26. The van der Waals surface area contributed by atoms with Crippen LogP contribution in [0.3, 0.4) is 0 Å². The fraction of sp³-hybridized carbons (Fsp3) is 0.429. The number of hydrogen-bond acceptors (Lipinski definition) is 4. The first-order valence-corrected chi connectivity index (χ1v) is 7.68. The van der Waals surface area contributed by atoms with Crippen molar-refractivity contribution in [2.24, 2.45) is 0 Å². The van der Waals surface area contributed by atoms with E-state index < -0.39 is 0 Å². The van der Waals surface area contributed by atoms with Gasteiger partial charge in [-0.2, -0.15) is 11.3 Å². The normalized spacial score (nSPS) is 12.7. The standard InChI is InChI=1S/C14H18ClN3S/c1-9(2)14-17-12(15)7-13(18-14)16-10(3)6-11-4-5-19-8-11/h4-5,7-10H,6H2,1-3H3,(H,16,17,18). The smallest absolute Gasteiger partial charge is 0.135 e. The molecule has 0 saturated carbocycles. The number of hydrogen-bond donors (Lipinski definition) is 1. The highest BCUT2D eigenvalue weighted by molar-refractivity contribution is 7.07. The lowest BCUT2D eigenvalue weighted by atomic mass is 10.1. The largest absolute Gasteiger partial charge is 0.367 e. The van der Waals surface area contributed by atoms with Crippen LogP contribution in [0.2, 0.25) is 5.15 Å². The van der Waals surface area contributed by atoms with Gasteiger partial charge in [0.1, 0.15) is 16.8 Å². The lowest BCUT2D eigenvalue weighted by Crippen LogP contribution is -2.19. The van der Waals surface area contributed by atoms with Crippen LogP contribution >= 0.6 is 22.9 Å². The summed E-state index contributed by atoms with van der Waals surface area (Å²) >= 11 is 7.75. The maximum Gasteiger partial charge on any atom is 0.135 e. The Hall–Kier alpha value is -1.13. The molecular weight excluding hydrogens is 278 g/mol. The second-order valence-corrected chi connectivity index (χ2v) is 6.14. The van der Waals surface area contributed by atoms with E-state index in [1.54, 1.807) is 17.4 Å². The zero-order valence-corrected chi connectivity index (χ0v) is 12.9. The van der Waals surface area contributed by atoms with E-state index in [0.29, 0.717) is 11.2 Å². The third kappa shape index (κ3) is 4.18. The summed E-state index contributed by atoms with van der Waals surface area (Å²) in [5.74, 6) is 1.84. The lowest BCUT2D eigenvalue weighted by molar-refractivity contribution is 0.754. The fourth-order valence-corrected chi connectivity index (χ4v) is 2.70. The Kier molecular flexibility index (Phi) is 4.77. The molecule has 2 rings (SSSR count). The molecule has 1 N–H and O–H groups in total. The molecule has 19 heavy (non-hydrogen) atoms. The molecule has 1 atom stereocenters. The Morgan fingerprint density at radius 1 is 1.32 bits per heavy atom. The summed E-state index contributed by atoms with van der Waals surface area (Å²) in [6.07, 6.45) is 0.974. The molecule has 0 aliphatic rings. The molecule has 0 bridgehead atoms. The fourth-order valence-electron chi connectivity index (χ4n) is 1.83. The Morgan fingerprint density at radius 3 is 2.74 bits per heavy atom. The Morgan fingerprint density at radius 2 is 2.11 bits per heavy atom. The first-order valence-electron chi connectivity index (χ1n) is 6.36. The van der Waals surface area contributed by atoms with Crippen molar-refractivity contribution in [3.63, 3.8) is 0 Å². The quantitative estimate of drug-likeness (QED) is 0.833. The Balaban J connectivity index is 2.05. The van der Waals surface area contributed by atoms with E-state index in [0.717, 1.165) is 18.1 Å². The average molecular weight is 296 g/mol. The van der Waals surface area contributed by atoms with E-state index in [9.17, 15) is 0 Å². The van der Waals surface area contributed by atoms with Gasteiger partial charge in [-0.25, -0.2) is 9.97 Å². The van der Waals surface area contributed by atoms with E-state index in [1.807, 2.05) is 0 Å². The van der Waals surface area contributed by atoms with Crippen LogP contribution in [0, 0.1) is 0 Å². The number of aromatic nitrogens is 2. The number of nitrogens with one attached hydrogen (secondary N) is 1. The third-order valence-corrected chi connectivity index (χ3v) is 3.67. The van der Waals surface area contributed by atoms with Crippen LogP contribution < -0.4 is 5.32 Å². The van der Waals surface area contributed by atoms with Crippen molar-refractivity contribution < 1.29 is 0 Å². The molecule has 0 radical (unpaired) electrons. The average Bonchev–Trinajstić information content (AvgIpc) is 2.80. The molecule has 2 aromatic rings. The van der Waals surface area contributed by atoms with Gasteiger partial charge in [0.15, 0.2) is 0 Å². The molecule has 2 aromatic heterocycles. The van der Waals surface area contributed by atoms with Crippen LogP contribution in [0.5, 0.6) is 0 Å². The number of halogens is 1. The van der Waals surface area contributed by atoms with Crippen LogP contribution in [0.4, 0.5) is 5.82 Å². The number of anilines is 1. The summed E-state index contributed by atoms with van der Waals surface area (Å²) < 4.78 is 0. The molecule has 0 amide bonds. The molecule has 0 aliphatic heterocycles. The van der Waals surface area contributed by atoms with Crippen LogP contribution in [-0.2, 0) is 6.42 Å². The molecule has 5 heteroatoms. The van der Waals surface area contributed by atoms with Crippen molar-refractivity contribution in [3.8, 4) is 0 Å². The van der Waals surface area contributed by atoms with Gasteiger partial charge < -0.3 is 5.32 Å². The predicted octanol–water partition coefficient (Wildman–Crippen LogP) is 4.36. The van der Waals surface area contributed by atoms with Crippen LogP contribution in [0.25, 0.3) is 0 Å². The molecule has 0 fully saturated rings. The molecule has 2 heterocycles. The van der Waals surface area contributed by atoms with Gasteiger partial charge in [0, 0.05) is 18.0 Å². The van der Waals surface area contributed by atoms with E-state index >= 15 is 0 Å². The maximum atomic E-state index is 6.03. The Labute approximate surface area is 123 Å². The Bertz CT molecular complexity index is 525. The summed E-state index contributed by atoms with van der Waals surface area (Å²) in [6, 6.07) is 4.23. The van der Waals surface area contributed by atoms with E-state index in [1.165, 1.54) is 5.56 Å². The summed E-state index contributed by atoms with van der Waals surface area (Å²) in [4.78, 5) is 8.73. The van der Waals surface area contributed by atoms with Crippen molar-refractivity contribution in [1.29, 1.82) is 0 Å². The number of nitrogens with zero attached hydrogens (tertiary/aromatic N) is 2. The minimum atomic E-state index is 0.270. The first kappa shape index (κ1) is 14.3. The van der Waals surface area contributed by atoms with Gasteiger partial charge in [-0.05, 0) is 35.7 Å². The summed E-state index contributed by atoms with van der Waals surface area (Å²) in [7, 11) is 0. The third-order valence-electron chi connectivity index (χ3n) is 2.74.